The Hall–Kier alpha value is -3.65. The highest BCUT2D eigenvalue weighted by atomic mass is 16.5. The van der Waals surface area contributed by atoms with Gasteiger partial charge in [0.2, 0.25) is 11.9 Å². The molecule has 3 aromatic rings. The number of methoxy groups -OCH3 is 1. The van der Waals surface area contributed by atoms with E-state index in [0.717, 1.165) is 22.5 Å². The normalized spacial score (nSPS) is 10.7. The fourth-order valence-electron chi connectivity index (χ4n) is 3.34. The first-order valence-electron chi connectivity index (χ1n) is 11.0. The highest BCUT2D eigenvalue weighted by molar-refractivity contribution is 5.93. The third-order valence-electron chi connectivity index (χ3n) is 5.31. The molecule has 0 aliphatic rings. The third kappa shape index (κ3) is 6.20. The third-order valence-corrected chi connectivity index (χ3v) is 5.31. The van der Waals surface area contributed by atoms with Crippen molar-refractivity contribution < 1.29 is 14.3 Å². The first-order chi connectivity index (χ1) is 15.9. The van der Waals surface area contributed by atoms with Gasteiger partial charge in [0, 0.05) is 37.6 Å². The fraction of sp³-hybridized carbons (Fsp3) is 0.320. The fourth-order valence-corrected chi connectivity index (χ4v) is 3.34. The maximum absolute atomic E-state index is 12.9. The van der Waals surface area contributed by atoms with Gasteiger partial charge in [-0.05, 0) is 44.0 Å². The van der Waals surface area contributed by atoms with Crippen molar-refractivity contribution in [2.24, 2.45) is 0 Å². The van der Waals surface area contributed by atoms with E-state index >= 15 is 0 Å². The van der Waals surface area contributed by atoms with Crippen LogP contribution in [0.25, 0.3) is 16.9 Å². The lowest BCUT2D eigenvalue weighted by Gasteiger charge is -2.22. The molecule has 1 heterocycles. The lowest BCUT2D eigenvalue weighted by atomic mass is 10.1. The number of hydrogen-bond acceptors (Lipinski definition) is 4. The molecule has 2 N–H and O–H groups in total. The van der Waals surface area contributed by atoms with Gasteiger partial charge < -0.3 is 15.0 Å². The number of amides is 3. The molecule has 0 spiro atoms. The molecule has 174 valence electrons. The molecule has 8 nitrogen and oxygen atoms in total. The average molecular weight is 450 g/mol. The minimum Gasteiger partial charge on any atom is -0.383 e. The summed E-state index contributed by atoms with van der Waals surface area (Å²) in [7, 11) is 1.56. The van der Waals surface area contributed by atoms with Crippen molar-refractivity contribution in [2.45, 2.75) is 20.8 Å². The van der Waals surface area contributed by atoms with Gasteiger partial charge in [-0.25, -0.2) is 9.78 Å². The van der Waals surface area contributed by atoms with Crippen molar-refractivity contribution in [3.05, 3.63) is 65.9 Å². The van der Waals surface area contributed by atoms with E-state index in [4.69, 9.17) is 4.74 Å². The van der Waals surface area contributed by atoms with Crippen molar-refractivity contribution in [1.82, 2.24) is 19.8 Å². The molecular formula is C25H31N5O3. The number of aryl methyl sites for hydroxylation is 2. The quantitative estimate of drug-likeness (QED) is 0.520. The summed E-state index contributed by atoms with van der Waals surface area (Å²) in [6, 6.07) is 15.6. The molecule has 3 rings (SSSR count). The van der Waals surface area contributed by atoms with Crippen molar-refractivity contribution in [1.29, 1.82) is 0 Å². The van der Waals surface area contributed by atoms with Gasteiger partial charge in [-0.3, -0.25) is 14.7 Å². The van der Waals surface area contributed by atoms with E-state index in [-0.39, 0.29) is 18.5 Å². The van der Waals surface area contributed by atoms with Gasteiger partial charge in [0.25, 0.3) is 0 Å². The van der Waals surface area contributed by atoms with E-state index in [1.807, 2.05) is 67.1 Å². The van der Waals surface area contributed by atoms with E-state index in [0.29, 0.717) is 25.6 Å². The molecule has 2 aromatic carbocycles. The highest BCUT2D eigenvalue weighted by Crippen LogP contribution is 2.25. The van der Waals surface area contributed by atoms with Crippen molar-refractivity contribution in [2.75, 3.05) is 38.7 Å². The number of aromatic nitrogens is 2. The standard InChI is InChI=1S/C25H31N5O3/c1-5-26-25(32)29(13-14-33-4)17-23(31)28-24-27-22(20-9-7-6-8-10-20)16-30(24)21-12-11-18(2)19(3)15-21/h6-12,15-16H,5,13-14,17H2,1-4H3,(H,26,32)(H,27,28,31). The minimum atomic E-state index is -0.340. The monoisotopic (exact) mass is 449 g/mol. The predicted octanol–water partition coefficient (Wildman–Crippen LogP) is 3.77. The summed E-state index contributed by atoms with van der Waals surface area (Å²) in [5.74, 6) is 0.0531. The number of carbonyl (C=O) groups is 2. The Balaban J connectivity index is 1.90. The maximum atomic E-state index is 12.9. The van der Waals surface area contributed by atoms with Crippen LogP contribution in [0.5, 0.6) is 0 Å². The van der Waals surface area contributed by atoms with Gasteiger partial charge >= 0.3 is 6.03 Å². The van der Waals surface area contributed by atoms with Crippen LogP contribution in [0, 0.1) is 13.8 Å². The second kappa shape index (κ2) is 11.3. The molecule has 3 amide bonds. The van der Waals surface area contributed by atoms with Gasteiger partial charge in [-0.2, -0.15) is 0 Å². The topological polar surface area (TPSA) is 88.5 Å². The zero-order valence-corrected chi connectivity index (χ0v) is 19.6. The summed E-state index contributed by atoms with van der Waals surface area (Å²) in [4.78, 5) is 31.4. The molecule has 8 heteroatoms. The Morgan fingerprint density at radius 1 is 1.09 bits per heavy atom. The first kappa shape index (κ1) is 24.0. The van der Waals surface area contributed by atoms with Gasteiger partial charge in [-0.15, -0.1) is 0 Å². The first-order valence-corrected chi connectivity index (χ1v) is 11.0. The van der Waals surface area contributed by atoms with Crippen LogP contribution in [0.2, 0.25) is 0 Å². The molecular weight excluding hydrogens is 418 g/mol. The predicted molar refractivity (Wildman–Crippen MR) is 130 cm³/mol. The lowest BCUT2D eigenvalue weighted by molar-refractivity contribution is -0.116. The number of rotatable bonds is 9. The van der Waals surface area contributed by atoms with Crippen LogP contribution in [-0.2, 0) is 9.53 Å². The molecule has 0 bridgehead atoms. The molecule has 0 aliphatic heterocycles. The van der Waals surface area contributed by atoms with E-state index in [1.165, 1.54) is 10.5 Å². The number of imidazole rings is 1. The van der Waals surface area contributed by atoms with Crippen LogP contribution in [0.15, 0.2) is 54.7 Å². The smallest absolute Gasteiger partial charge is 0.317 e. The molecule has 0 saturated carbocycles. The Morgan fingerprint density at radius 2 is 1.85 bits per heavy atom. The summed E-state index contributed by atoms with van der Waals surface area (Å²) >= 11 is 0. The van der Waals surface area contributed by atoms with Crippen molar-refractivity contribution in [3.63, 3.8) is 0 Å². The van der Waals surface area contributed by atoms with Crippen molar-refractivity contribution in [3.8, 4) is 16.9 Å². The van der Waals surface area contributed by atoms with Gasteiger partial charge in [-0.1, -0.05) is 36.4 Å². The van der Waals surface area contributed by atoms with Crippen LogP contribution in [0.1, 0.15) is 18.1 Å². The highest BCUT2D eigenvalue weighted by Gasteiger charge is 2.19. The number of ether oxygens (including phenoxy) is 1. The Labute approximate surface area is 194 Å². The summed E-state index contributed by atoms with van der Waals surface area (Å²) in [5, 5.41) is 5.62. The molecule has 0 aliphatic carbocycles. The van der Waals surface area contributed by atoms with Gasteiger partial charge in [0.05, 0.1) is 12.3 Å². The second-order valence-corrected chi connectivity index (χ2v) is 7.75. The van der Waals surface area contributed by atoms with Gasteiger partial charge in [0.1, 0.15) is 6.54 Å². The summed E-state index contributed by atoms with van der Waals surface area (Å²) < 4.78 is 6.94. The number of benzene rings is 2. The zero-order chi connectivity index (χ0) is 23.8. The van der Waals surface area contributed by atoms with Crippen molar-refractivity contribution >= 4 is 17.9 Å². The lowest BCUT2D eigenvalue weighted by Crippen LogP contribution is -2.45. The van der Waals surface area contributed by atoms with E-state index in [9.17, 15) is 9.59 Å². The summed E-state index contributed by atoms with van der Waals surface area (Å²) in [5.41, 5.74) is 4.90. The molecule has 33 heavy (non-hydrogen) atoms. The number of carbonyl (C=O) groups excluding carboxylic acids is 2. The van der Waals surface area contributed by atoms with Crippen LogP contribution < -0.4 is 10.6 Å². The van der Waals surface area contributed by atoms with Crippen LogP contribution in [0.4, 0.5) is 10.7 Å². The molecule has 0 unspecified atom stereocenters. The van der Waals surface area contributed by atoms with E-state index < -0.39 is 0 Å². The number of urea groups is 1. The molecule has 0 saturated heterocycles. The van der Waals surface area contributed by atoms with E-state index in [1.54, 1.807) is 7.11 Å². The molecule has 0 fully saturated rings. The minimum absolute atomic E-state index is 0.115. The second-order valence-electron chi connectivity index (χ2n) is 7.75. The number of nitrogens with one attached hydrogen (secondary N) is 2. The van der Waals surface area contributed by atoms with Crippen LogP contribution in [-0.4, -0.2) is 59.7 Å². The van der Waals surface area contributed by atoms with E-state index in [2.05, 4.69) is 28.6 Å². The number of anilines is 1. The number of hydrogen-bond donors (Lipinski definition) is 2. The Morgan fingerprint density at radius 3 is 2.52 bits per heavy atom. The molecule has 0 atom stereocenters. The summed E-state index contributed by atoms with van der Waals surface area (Å²) in [6.45, 7) is 6.93. The summed E-state index contributed by atoms with van der Waals surface area (Å²) in [6.07, 6.45) is 1.90. The van der Waals surface area contributed by atoms with Crippen LogP contribution in [0.3, 0.4) is 0 Å². The average Bonchev–Trinajstić information content (AvgIpc) is 3.22. The maximum Gasteiger partial charge on any atom is 0.317 e. The Bertz CT molecular complexity index is 1090. The number of nitrogens with zero attached hydrogens (tertiary/aromatic N) is 3. The largest absolute Gasteiger partial charge is 0.383 e. The molecule has 1 aromatic heterocycles. The molecule has 0 radical (unpaired) electrons. The zero-order valence-electron chi connectivity index (χ0n) is 19.6. The SMILES string of the molecule is CCNC(=O)N(CCOC)CC(=O)Nc1nc(-c2ccccc2)cn1-c1ccc(C)c(C)c1. The Kier molecular flexibility index (Phi) is 8.21. The van der Waals surface area contributed by atoms with Crippen LogP contribution >= 0.6 is 0 Å². The van der Waals surface area contributed by atoms with Gasteiger partial charge in [0.15, 0.2) is 0 Å².